The lowest BCUT2D eigenvalue weighted by Crippen LogP contribution is -2.39. The molecule has 1 aliphatic heterocycles. The van der Waals surface area contributed by atoms with Crippen LogP contribution in [0.3, 0.4) is 0 Å². The predicted molar refractivity (Wildman–Crippen MR) is 93.7 cm³/mol. The van der Waals surface area contributed by atoms with Crippen LogP contribution in [0.2, 0.25) is 0 Å². The number of ketones is 1. The molecule has 24 heavy (non-hydrogen) atoms. The van der Waals surface area contributed by atoms with Crippen LogP contribution in [0, 0.1) is 6.92 Å². The Balaban J connectivity index is 1.76. The fourth-order valence-corrected chi connectivity index (χ4v) is 4.04. The predicted octanol–water partition coefficient (Wildman–Crippen LogP) is 3.23. The van der Waals surface area contributed by atoms with E-state index in [1.165, 1.54) is 11.8 Å². The van der Waals surface area contributed by atoms with Gasteiger partial charge in [-0.15, -0.1) is 10.2 Å². The summed E-state index contributed by atoms with van der Waals surface area (Å²) in [7, 11) is 0. The first kappa shape index (κ1) is 15.0. The van der Waals surface area contributed by atoms with Gasteiger partial charge in [0.1, 0.15) is 11.1 Å². The van der Waals surface area contributed by atoms with Crippen molar-refractivity contribution < 1.29 is 4.79 Å². The van der Waals surface area contributed by atoms with Gasteiger partial charge in [0.2, 0.25) is 5.16 Å². The van der Waals surface area contributed by atoms with Crippen molar-refractivity contribution in [2.75, 3.05) is 5.43 Å². The molecule has 2 heterocycles. The fraction of sp³-hybridized carbons (Fsp3) is 0.167. The molecule has 0 saturated carbocycles. The molecule has 1 aromatic heterocycles. The normalized spacial score (nSPS) is 19.4. The molecule has 0 spiro atoms. The summed E-state index contributed by atoms with van der Waals surface area (Å²) in [5.74, 6) is 0.873. The van der Waals surface area contributed by atoms with Crippen molar-refractivity contribution in [1.82, 2.24) is 14.9 Å². The molecule has 5 nitrogen and oxygen atoms in total. The zero-order chi connectivity index (χ0) is 16.5. The summed E-state index contributed by atoms with van der Waals surface area (Å²) in [6.07, 6.45) is 0. The number of aromatic nitrogens is 3. The number of hydrogen-bond acceptors (Lipinski definition) is 5. The van der Waals surface area contributed by atoms with Crippen molar-refractivity contribution in [3.05, 3.63) is 77.6 Å². The van der Waals surface area contributed by atoms with Gasteiger partial charge in [-0.05, 0) is 12.5 Å². The number of carbonyl (C=O) groups is 1. The lowest BCUT2D eigenvalue weighted by molar-refractivity contribution is 0.0980. The highest BCUT2D eigenvalue weighted by Gasteiger charge is 2.37. The van der Waals surface area contributed by atoms with Crippen molar-refractivity contribution in [2.45, 2.75) is 23.4 Å². The Hall–Kier alpha value is -2.60. The third-order valence-electron chi connectivity index (χ3n) is 4.07. The van der Waals surface area contributed by atoms with Gasteiger partial charge in [0.05, 0.1) is 6.04 Å². The van der Waals surface area contributed by atoms with Gasteiger partial charge in [-0.3, -0.25) is 4.79 Å². The van der Waals surface area contributed by atoms with Crippen molar-refractivity contribution >= 4 is 17.5 Å². The van der Waals surface area contributed by atoms with Crippen LogP contribution < -0.4 is 5.43 Å². The van der Waals surface area contributed by atoms with Gasteiger partial charge in [0.25, 0.3) is 0 Å². The Kier molecular flexibility index (Phi) is 3.82. The van der Waals surface area contributed by atoms with Crippen LogP contribution in [0.5, 0.6) is 0 Å². The van der Waals surface area contributed by atoms with E-state index in [1.54, 1.807) is 0 Å². The monoisotopic (exact) mass is 336 g/mol. The molecule has 1 N–H and O–H groups in total. The van der Waals surface area contributed by atoms with Crippen LogP contribution in [0.1, 0.15) is 27.8 Å². The van der Waals surface area contributed by atoms with Crippen LogP contribution in [-0.4, -0.2) is 25.9 Å². The van der Waals surface area contributed by atoms with E-state index in [9.17, 15) is 4.79 Å². The highest BCUT2D eigenvalue weighted by molar-refractivity contribution is 8.00. The van der Waals surface area contributed by atoms with Gasteiger partial charge in [0, 0.05) is 5.56 Å². The number of fused-ring (bicyclic) bond motifs is 1. The highest BCUT2D eigenvalue weighted by Crippen LogP contribution is 2.38. The van der Waals surface area contributed by atoms with Gasteiger partial charge < -0.3 is 5.43 Å². The second kappa shape index (κ2) is 6.13. The molecule has 2 atom stereocenters. The minimum atomic E-state index is -0.300. The molecule has 3 aromatic rings. The number of benzene rings is 2. The topological polar surface area (TPSA) is 59.8 Å². The molecule has 6 heteroatoms. The average molecular weight is 336 g/mol. The maximum Gasteiger partial charge on any atom is 0.210 e. The van der Waals surface area contributed by atoms with E-state index < -0.39 is 0 Å². The molecule has 2 aromatic carbocycles. The number of aryl methyl sites for hydroxylation is 1. The zero-order valence-electron chi connectivity index (χ0n) is 13.1. The highest BCUT2D eigenvalue weighted by atomic mass is 32.2. The Labute approximate surface area is 144 Å². The third kappa shape index (κ3) is 2.59. The lowest BCUT2D eigenvalue weighted by Gasteiger charge is -2.32. The van der Waals surface area contributed by atoms with Crippen LogP contribution in [0.15, 0.2) is 65.8 Å². The molecule has 4 rings (SSSR count). The van der Waals surface area contributed by atoms with E-state index in [-0.39, 0.29) is 17.1 Å². The minimum absolute atomic E-state index is 0.0915. The van der Waals surface area contributed by atoms with Crippen molar-refractivity contribution in [3.8, 4) is 0 Å². The van der Waals surface area contributed by atoms with E-state index >= 15 is 0 Å². The Morgan fingerprint density at radius 1 is 1.04 bits per heavy atom. The molecule has 0 aliphatic carbocycles. The van der Waals surface area contributed by atoms with Gasteiger partial charge in [0.15, 0.2) is 5.78 Å². The second-order valence-electron chi connectivity index (χ2n) is 5.65. The van der Waals surface area contributed by atoms with Gasteiger partial charge in [-0.2, -0.15) is 0 Å². The van der Waals surface area contributed by atoms with Gasteiger partial charge in [-0.25, -0.2) is 4.68 Å². The molecule has 1 aliphatic rings. The van der Waals surface area contributed by atoms with Crippen LogP contribution in [0.25, 0.3) is 0 Å². The Bertz CT molecular complexity index is 863. The number of Topliss-reactive ketones (excluding diaryl/α,β-unsaturated/α-hetero) is 1. The van der Waals surface area contributed by atoms with Gasteiger partial charge >= 0.3 is 0 Å². The fourth-order valence-electron chi connectivity index (χ4n) is 2.84. The number of thioether (sulfide) groups is 1. The summed E-state index contributed by atoms with van der Waals surface area (Å²) in [5.41, 5.74) is 5.19. The quantitative estimate of drug-likeness (QED) is 0.744. The van der Waals surface area contributed by atoms with E-state index in [0.29, 0.717) is 10.7 Å². The number of rotatable bonds is 3. The molecule has 120 valence electrons. The first-order valence-electron chi connectivity index (χ1n) is 7.73. The van der Waals surface area contributed by atoms with E-state index in [4.69, 9.17) is 0 Å². The molecule has 0 saturated heterocycles. The molecule has 0 unspecified atom stereocenters. The SMILES string of the molecule is Cc1nnc2n1N[C@H](c1ccccc1)[C@H](C(=O)c1ccccc1)S2. The maximum atomic E-state index is 13.1. The molecule has 0 radical (unpaired) electrons. The minimum Gasteiger partial charge on any atom is -0.313 e. The maximum absolute atomic E-state index is 13.1. The van der Waals surface area contributed by atoms with Crippen molar-refractivity contribution in [3.63, 3.8) is 0 Å². The summed E-state index contributed by atoms with van der Waals surface area (Å²) < 4.78 is 1.86. The molecule has 0 fully saturated rings. The summed E-state index contributed by atoms with van der Waals surface area (Å²) in [5, 5.41) is 8.70. The Morgan fingerprint density at radius 3 is 2.42 bits per heavy atom. The second-order valence-corrected chi connectivity index (χ2v) is 6.76. The smallest absolute Gasteiger partial charge is 0.210 e. The molecular formula is C18H16N4OS. The molecule has 0 amide bonds. The number of hydrogen-bond donors (Lipinski definition) is 1. The van der Waals surface area contributed by atoms with Gasteiger partial charge in [-0.1, -0.05) is 72.4 Å². The third-order valence-corrected chi connectivity index (χ3v) is 5.29. The standard InChI is InChI=1S/C18H16N4OS/c1-12-19-20-18-22(12)21-15(13-8-4-2-5-9-13)17(24-18)16(23)14-10-6-3-7-11-14/h2-11,15,17,21H,1H3/t15-,17-/m1/s1. The number of nitrogens with zero attached hydrogens (tertiary/aromatic N) is 3. The van der Waals surface area contributed by atoms with E-state index in [2.05, 4.69) is 15.6 Å². The Morgan fingerprint density at radius 2 is 1.71 bits per heavy atom. The zero-order valence-corrected chi connectivity index (χ0v) is 13.9. The van der Waals surface area contributed by atoms with Crippen LogP contribution in [0.4, 0.5) is 0 Å². The van der Waals surface area contributed by atoms with Crippen LogP contribution >= 0.6 is 11.8 Å². The molecule has 0 bridgehead atoms. The van der Waals surface area contributed by atoms with E-state index in [1.807, 2.05) is 72.3 Å². The molecular weight excluding hydrogens is 320 g/mol. The summed E-state index contributed by atoms with van der Waals surface area (Å²) >= 11 is 1.46. The number of nitrogens with one attached hydrogen (secondary N) is 1. The summed E-state index contributed by atoms with van der Waals surface area (Å²) in [6.45, 7) is 1.89. The van der Waals surface area contributed by atoms with Crippen molar-refractivity contribution in [1.29, 1.82) is 0 Å². The lowest BCUT2D eigenvalue weighted by atomic mass is 9.97. The largest absolute Gasteiger partial charge is 0.313 e. The summed E-state index contributed by atoms with van der Waals surface area (Å²) in [6, 6.07) is 19.3. The first-order valence-corrected chi connectivity index (χ1v) is 8.61. The average Bonchev–Trinajstić information content (AvgIpc) is 3.02. The van der Waals surface area contributed by atoms with Crippen LogP contribution in [-0.2, 0) is 0 Å². The van der Waals surface area contributed by atoms with Crippen molar-refractivity contribution in [2.24, 2.45) is 0 Å². The van der Waals surface area contributed by atoms with E-state index in [0.717, 1.165) is 11.4 Å². The number of carbonyl (C=O) groups excluding carboxylic acids is 1. The summed E-state index contributed by atoms with van der Waals surface area (Å²) in [4.78, 5) is 13.1. The first-order chi connectivity index (χ1) is 11.7.